The predicted octanol–water partition coefficient (Wildman–Crippen LogP) is 4.09. The minimum atomic E-state index is -0.507. The average molecular weight is 432 g/mol. The van der Waals surface area contributed by atoms with Crippen LogP contribution >= 0.6 is 35.3 Å². The van der Waals surface area contributed by atoms with E-state index in [-0.39, 0.29) is 34.9 Å². The third-order valence-corrected chi connectivity index (χ3v) is 5.80. The van der Waals surface area contributed by atoms with Crippen LogP contribution in [-0.4, -0.2) is 35.8 Å². The number of hydrogen-bond donors (Lipinski definition) is 2. The van der Waals surface area contributed by atoms with Crippen LogP contribution in [0.2, 0.25) is 5.02 Å². The van der Waals surface area contributed by atoms with E-state index in [1.807, 2.05) is 6.92 Å². The van der Waals surface area contributed by atoms with Crippen LogP contribution in [0.3, 0.4) is 0 Å². The van der Waals surface area contributed by atoms with Crippen LogP contribution in [-0.2, 0) is 0 Å². The highest BCUT2D eigenvalue weighted by Crippen LogP contribution is 2.29. The van der Waals surface area contributed by atoms with Crippen molar-refractivity contribution in [2.75, 3.05) is 18.4 Å². The van der Waals surface area contributed by atoms with E-state index in [0.29, 0.717) is 23.0 Å². The molecule has 1 aliphatic heterocycles. The lowest BCUT2D eigenvalue weighted by Crippen LogP contribution is -2.42. The molecule has 1 aliphatic rings. The molecule has 3 N–H and O–H groups in total. The number of benzene rings is 1. The minimum Gasteiger partial charge on any atom is -0.338 e. The van der Waals surface area contributed by atoms with Crippen LogP contribution in [0.4, 0.5) is 9.39 Å². The summed E-state index contributed by atoms with van der Waals surface area (Å²) in [6.45, 7) is 3.12. The first kappa shape index (κ1) is 21.6. The molecule has 1 saturated heterocycles. The number of nitrogens with one attached hydrogen (secondary N) is 1. The second-order valence-electron chi connectivity index (χ2n) is 6.33. The lowest BCUT2D eigenvalue weighted by atomic mass is 10.1. The van der Waals surface area contributed by atoms with Gasteiger partial charge in [-0.25, -0.2) is 4.39 Å². The molecule has 1 fully saturated rings. The van der Waals surface area contributed by atoms with Gasteiger partial charge in [0, 0.05) is 19.1 Å². The number of nitrogens with two attached hydrogens (primary N) is 1. The summed E-state index contributed by atoms with van der Waals surface area (Å²) in [7, 11) is 0. The fraction of sp³-hybridized carbons (Fsp3) is 0.333. The van der Waals surface area contributed by atoms with Gasteiger partial charge < -0.3 is 16.0 Å². The molecule has 2 heterocycles. The fourth-order valence-corrected chi connectivity index (χ4v) is 4.14. The number of rotatable bonds is 3. The second kappa shape index (κ2) is 9.01. The highest BCUT2D eigenvalue weighted by atomic mass is 35.5. The van der Waals surface area contributed by atoms with Crippen molar-refractivity contribution in [2.45, 2.75) is 25.8 Å². The second-order valence-corrected chi connectivity index (χ2v) is 7.79. The van der Waals surface area contributed by atoms with E-state index in [0.717, 1.165) is 24.5 Å². The maximum absolute atomic E-state index is 13.1. The first-order valence-electron chi connectivity index (χ1n) is 8.27. The summed E-state index contributed by atoms with van der Waals surface area (Å²) in [5.41, 5.74) is 6.86. The molecule has 0 saturated carbocycles. The number of anilines is 1. The molecule has 2 aromatic rings. The van der Waals surface area contributed by atoms with E-state index in [1.165, 1.54) is 23.5 Å². The Bertz CT molecular complexity index is 851. The number of aryl methyl sites for hydroxylation is 1. The number of nitrogens with zero attached hydrogens (tertiary/aromatic N) is 1. The third kappa shape index (κ3) is 4.99. The maximum Gasteiger partial charge on any atom is 0.264 e. The van der Waals surface area contributed by atoms with E-state index in [4.69, 9.17) is 17.3 Å². The Labute approximate surface area is 172 Å². The third-order valence-electron chi connectivity index (χ3n) is 4.35. The molecule has 2 amide bonds. The average Bonchev–Trinajstić information content (AvgIpc) is 2.95. The first-order valence-corrected chi connectivity index (χ1v) is 9.46. The Hall–Kier alpha value is -1.67. The van der Waals surface area contributed by atoms with Crippen LogP contribution in [0.5, 0.6) is 0 Å². The molecule has 0 aliphatic carbocycles. The molecule has 0 bridgehead atoms. The zero-order valence-corrected chi connectivity index (χ0v) is 17.0. The molecule has 9 heteroatoms. The van der Waals surface area contributed by atoms with Gasteiger partial charge in [-0.15, -0.1) is 23.7 Å². The predicted molar refractivity (Wildman–Crippen MR) is 109 cm³/mol. The van der Waals surface area contributed by atoms with Gasteiger partial charge in [0.2, 0.25) is 0 Å². The highest BCUT2D eigenvalue weighted by Gasteiger charge is 2.25. The summed E-state index contributed by atoms with van der Waals surface area (Å²) in [4.78, 5) is 27.5. The van der Waals surface area contributed by atoms with Crippen molar-refractivity contribution in [1.29, 1.82) is 0 Å². The standard InChI is InChI=1S/C18H19ClFN3O2S.ClH/c1-10-8-15(22-17(24)13-3-2-11(20)9-14(13)19)26-16(10)18(25)23-6-4-12(21)5-7-23;/h2-3,8-9,12H,4-7,21H2,1H3,(H,22,24);1H. The van der Waals surface area contributed by atoms with Crippen LogP contribution in [0.25, 0.3) is 0 Å². The van der Waals surface area contributed by atoms with Gasteiger partial charge in [-0.1, -0.05) is 11.6 Å². The molecular formula is C18H20Cl2FN3O2S. The van der Waals surface area contributed by atoms with Crippen molar-refractivity contribution < 1.29 is 14.0 Å². The van der Waals surface area contributed by atoms with Crippen molar-refractivity contribution in [3.05, 3.63) is 51.1 Å². The molecule has 146 valence electrons. The summed E-state index contributed by atoms with van der Waals surface area (Å²) >= 11 is 7.14. The van der Waals surface area contributed by atoms with E-state index in [2.05, 4.69) is 5.32 Å². The summed E-state index contributed by atoms with van der Waals surface area (Å²) < 4.78 is 13.1. The van der Waals surface area contributed by atoms with Gasteiger partial charge >= 0.3 is 0 Å². The normalized spacial score (nSPS) is 14.6. The Morgan fingerprint density at radius 1 is 1.30 bits per heavy atom. The lowest BCUT2D eigenvalue weighted by molar-refractivity contribution is 0.0719. The number of hydrogen-bond acceptors (Lipinski definition) is 4. The number of halogens is 3. The fourth-order valence-electron chi connectivity index (χ4n) is 2.86. The quantitative estimate of drug-likeness (QED) is 0.768. The summed E-state index contributed by atoms with van der Waals surface area (Å²) in [5.74, 6) is -0.994. The van der Waals surface area contributed by atoms with Crippen LogP contribution in [0.15, 0.2) is 24.3 Å². The maximum atomic E-state index is 13.1. The number of thiophene rings is 1. The molecule has 5 nitrogen and oxygen atoms in total. The molecule has 0 atom stereocenters. The topological polar surface area (TPSA) is 75.4 Å². The van der Waals surface area contributed by atoms with Crippen molar-refractivity contribution >= 4 is 52.2 Å². The van der Waals surface area contributed by atoms with Crippen LogP contribution in [0, 0.1) is 12.7 Å². The largest absolute Gasteiger partial charge is 0.338 e. The van der Waals surface area contributed by atoms with Crippen molar-refractivity contribution in [1.82, 2.24) is 4.90 Å². The number of carbonyl (C=O) groups is 2. The summed E-state index contributed by atoms with van der Waals surface area (Å²) in [6, 6.07) is 5.50. The molecule has 1 aromatic carbocycles. The van der Waals surface area contributed by atoms with Gasteiger partial charge in [-0.2, -0.15) is 0 Å². The summed E-state index contributed by atoms with van der Waals surface area (Å²) in [6.07, 6.45) is 1.59. The molecule has 0 spiro atoms. The van der Waals surface area contributed by atoms with Gasteiger partial charge in [0.15, 0.2) is 0 Å². The molecule has 27 heavy (non-hydrogen) atoms. The monoisotopic (exact) mass is 431 g/mol. The van der Waals surface area contributed by atoms with Gasteiger partial charge in [-0.05, 0) is 49.6 Å². The van der Waals surface area contributed by atoms with E-state index in [1.54, 1.807) is 11.0 Å². The molecule has 3 rings (SSSR count). The van der Waals surface area contributed by atoms with Gasteiger partial charge in [0.25, 0.3) is 11.8 Å². The number of amides is 2. The molecule has 0 unspecified atom stereocenters. The lowest BCUT2D eigenvalue weighted by Gasteiger charge is -2.30. The zero-order valence-electron chi connectivity index (χ0n) is 14.6. The first-order chi connectivity index (χ1) is 12.3. The number of piperidine rings is 1. The number of likely N-dealkylation sites (tertiary alicyclic amines) is 1. The van der Waals surface area contributed by atoms with Crippen molar-refractivity contribution in [2.24, 2.45) is 5.73 Å². The highest BCUT2D eigenvalue weighted by molar-refractivity contribution is 7.18. The minimum absolute atomic E-state index is 0. The van der Waals surface area contributed by atoms with E-state index in [9.17, 15) is 14.0 Å². The van der Waals surface area contributed by atoms with E-state index < -0.39 is 11.7 Å². The van der Waals surface area contributed by atoms with Crippen molar-refractivity contribution in [3.63, 3.8) is 0 Å². The summed E-state index contributed by atoms with van der Waals surface area (Å²) in [5, 5.41) is 3.31. The van der Waals surface area contributed by atoms with Gasteiger partial charge in [0.05, 0.1) is 20.5 Å². The Kier molecular flexibility index (Phi) is 7.22. The number of carbonyl (C=O) groups excluding carboxylic acids is 2. The van der Waals surface area contributed by atoms with Gasteiger partial charge in [0.1, 0.15) is 5.82 Å². The van der Waals surface area contributed by atoms with Gasteiger partial charge in [-0.3, -0.25) is 9.59 Å². The molecular weight excluding hydrogens is 412 g/mol. The molecule has 1 aromatic heterocycles. The van der Waals surface area contributed by atoms with Crippen molar-refractivity contribution in [3.8, 4) is 0 Å². The zero-order chi connectivity index (χ0) is 18.8. The SMILES string of the molecule is Cc1cc(NC(=O)c2ccc(F)cc2Cl)sc1C(=O)N1CCC(N)CC1.Cl. The Morgan fingerprint density at radius 3 is 2.59 bits per heavy atom. The Balaban J connectivity index is 0.00000261. The van der Waals surface area contributed by atoms with Crippen LogP contribution < -0.4 is 11.1 Å². The molecule has 0 radical (unpaired) electrons. The smallest absolute Gasteiger partial charge is 0.264 e. The van der Waals surface area contributed by atoms with E-state index >= 15 is 0 Å². The van der Waals surface area contributed by atoms with Crippen LogP contribution in [0.1, 0.15) is 38.4 Å². The Morgan fingerprint density at radius 2 is 1.96 bits per heavy atom.